The number of hydrogen-bond acceptors (Lipinski definition) is 6. The van der Waals surface area contributed by atoms with E-state index in [4.69, 9.17) is 0 Å². The summed E-state index contributed by atoms with van der Waals surface area (Å²) in [6.45, 7) is 9.81. The van der Waals surface area contributed by atoms with Crippen molar-refractivity contribution < 1.29 is 9.59 Å². The van der Waals surface area contributed by atoms with Gasteiger partial charge >= 0.3 is 0 Å². The summed E-state index contributed by atoms with van der Waals surface area (Å²) in [7, 11) is 2.04. The molecule has 3 rings (SSSR count). The molecule has 2 aromatic rings. The Morgan fingerprint density at radius 1 is 1.18 bits per heavy atom. The Balaban J connectivity index is 1.91. The molecule has 8 nitrogen and oxygen atoms in total. The highest BCUT2D eigenvalue weighted by molar-refractivity contribution is 7.20. The van der Waals surface area contributed by atoms with E-state index in [-0.39, 0.29) is 23.9 Å². The minimum absolute atomic E-state index is 0.0412. The molecule has 3 heterocycles. The van der Waals surface area contributed by atoms with E-state index in [0.717, 1.165) is 13.1 Å². The van der Waals surface area contributed by atoms with E-state index >= 15 is 0 Å². The van der Waals surface area contributed by atoms with E-state index in [1.54, 1.807) is 11.8 Å². The van der Waals surface area contributed by atoms with Crippen molar-refractivity contribution in [1.29, 1.82) is 0 Å². The van der Waals surface area contributed by atoms with Crippen LogP contribution in [0.3, 0.4) is 0 Å². The van der Waals surface area contributed by atoms with E-state index < -0.39 is 0 Å². The molecule has 1 saturated heterocycles. The van der Waals surface area contributed by atoms with E-state index in [2.05, 4.69) is 9.88 Å². The Bertz CT molecular complexity index is 939. The van der Waals surface area contributed by atoms with Crippen molar-refractivity contribution in [3.05, 3.63) is 27.1 Å². The second-order valence-corrected chi connectivity index (χ2v) is 8.07. The molecule has 0 spiro atoms. The van der Waals surface area contributed by atoms with E-state index in [1.165, 1.54) is 22.2 Å². The predicted molar refractivity (Wildman–Crippen MR) is 110 cm³/mol. The van der Waals surface area contributed by atoms with Crippen molar-refractivity contribution in [2.45, 2.75) is 27.3 Å². The first kappa shape index (κ1) is 20.5. The standard InChI is InChI=1S/C19H27N5O3S/c1-5-22(6-2)14(25)11-24-12-20-17-15(18(24)26)13(3)16(28-17)19(27)23-9-7-21(4)8-10-23/h12H,5-11H2,1-4H3. The second kappa shape index (κ2) is 8.40. The number of aryl methyl sites for hydroxylation is 1. The average Bonchev–Trinajstić information content (AvgIpc) is 3.02. The molecule has 1 fully saturated rings. The highest BCUT2D eigenvalue weighted by Gasteiger charge is 2.26. The van der Waals surface area contributed by atoms with Crippen LogP contribution in [0.25, 0.3) is 10.2 Å². The third kappa shape index (κ3) is 3.81. The van der Waals surface area contributed by atoms with Gasteiger partial charge in [0.15, 0.2) is 0 Å². The van der Waals surface area contributed by atoms with Gasteiger partial charge in [-0.15, -0.1) is 11.3 Å². The van der Waals surface area contributed by atoms with E-state index in [9.17, 15) is 14.4 Å². The van der Waals surface area contributed by atoms with Crippen LogP contribution in [0, 0.1) is 6.92 Å². The van der Waals surface area contributed by atoms with Crippen LogP contribution in [0.15, 0.2) is 11.1 Å². The molecule has 2 aromatic heterocycles. The zero-order valence-electron chi connectivity index (χ0n) is 16.9. The van der Waals surface area contributed by atoms with Gasteiger partial charge in [-0.2, -0.15) is 0 Å². The number of nitrogens with zero attached hydrogens (tertiary/aromatic N) is 5. The first-order chi connectivity index (χ1) is 13.4. The van der Waals surface area contributed by atoms with Crippen molar-refractivity contribution >= 4 is 33.4 Å². The molecule has 1 aliphatic rings. The smallest absolute Gasteiger partial charge is 0.264 e. The molecule has 2 amide bonds. The van der Waals surface area contributed by atoms with Crippen molar-refractivity contribution in [1.82, 2.24) is 24.3 Å². The monoisotopic (exact) mass is 405 g/mol. The fraction of sp³-hybridized carbons (Fsp3) is 0.579. The lowest BCUT2D eigenvalue weighted by molar-refractivity contribution is -0.131. The average molecular weight is 406 g/mol. The Kier molecular flexibility index (Phi) is 6.14. The molecule has 0 bridgehead atoms. The molecule has 0 N–H and O–H groups in total. The molecule has 0 unspecified atom stereocenters. The molecule has 1 aliphatic heterocycles. The van der Waals surface area contributed by atoms with Crippen molar-refractivity contribution in [3.63, 3.8) is 0 Å². The summed E-state index contributed by atoms with van der Waals surface area (Å²) in [5.74, 6) is -0.159. The van der Waals surface area contributed by atoms with Gasteiger partial charge in [0, 0.05) is 39.3 Å². The normalized spacial score (nSPS) is 15.2. The van der Waals surface area contributed by atoms with Gasteiger partial charge in [0.25, 0.3) is 11.5 Å². The molecule has 0 radical (unpaired) electrons. The third-order valence-electron chi connectivity index (χ3n) is 5.32. The topological polar surface area (TPSA) is 78.8 Å². The molecule has 0 aromatic carbocycles. The summed E-state index contributed by atoms with van der Waals surface area (Å²) < 4.78 is 1.34. The second-order valence-electron chi connectivity index (χ2n) is 7.08. The number of piperazine rings is 1. The molecular formula is C19H27N5O3S. The lowest BCUT2D eigenvalue weighted by Gasteiger charge is -2.32. The maximum Gasteiger partial charge on any atom is 0.264 e. The Morgan fingerprint density at radius 3 is 2.43 bits per heavy atom. The van der Waals surface area contributed by atoms with Gasteiger partial charge in [0.2, 0.25) is 5.91 Å². The van der Waals surface area contributed by atoms with Gasteiger partial charge in [-0.3, -0.25) is 19.0 Å². The molecule has 28 heavy (non-hydrogen) atoms. The maximum atomic E-state index is 13.0. The van der Waals surface area contributed by atoms with Gasteiger partial charge < -0.3 is 14.7 Å². The summed E-state index contributed by atoms with van der Waals surface area (Å²) in [6, 6.07) is 0. The Labute approximate surface area is 168 Å². The molecule has 0 aliphatic carbocycles. The third-order valence-corrected chi connectivity index (χ3v) is 6.51. The predicted octanol–water partition coefficient (Wildman–Crippen LogP) is 1.02. The minimum Gasteiger partial charge on any atom is -0.342 e. The minimum atomic E-state index is -0.267. The maximum absolute atomic E-state index is 13.0. The quantitative estimate of drug-likeness (QED) is 0.742. The number of rotatable bonds is 5. The summed E-state index contributed by atoms with van der Waals surface area (Å²) in [5, 5.41) is 0.442. The largest absolute Gasteiger partial charge is 0.342 e. The summed E-state index contributed by atoms with van der Waals surface area (Å²) in [5.41, 5.74) is 0.391. The number of carbonyl (C=O) groups excluding carboxylic acids is 2. The zero-order chi connectivity index (χ0) is 20.4. The number of amides is 2. The first-order valence-corrected chi connectivity index (χ1v) is 10.4. The molecule has 0 saturated carbocycles. The molecule has 9 heteroatoms. The summed E-state index contributed by atoms with van der Waals surface area (Å²) in [4.78, 5) is 49.5. The lowest BCUT2D eigenvalue weighted by Crippen LogP contribution is -2.47. The van der Waals surface area contributed by atoms with Gasteiger partial charge in [-0.25, -0.2) is 4.98 Å². The van der Waals surface area contributed by atoms with Crippen LogP contribution in [0.5, 0.6) is 0 Å². The SMILES string of the molecule is CCN(CC)C(=O)Cn1cnc2sc(C(=O)N3CCN(C)CC3)c(C)c2c1=O. The van der Waals surface area contributed by atoms with Crippen molar-refractivity contribution in [3.8, 4) is 0 Å². The number of fused-ring (bicyclic) bond motifs is 1. The van der Waals surface area contributed by atoms with Gasteiger partial charge in [-0.05, 0) is 33.4 Å². The Hall–Kier alpha value is -2.26. The zero-order valence-corrected chi connectivity index (χ0v) is 17.7. The van der Waals surface area contributed by atoms with Crippen LogP contribution in [0.4, 0.5) is 0 Å². The van der Waals surface area contributed by atoms with Crippen LogP contribution >= 0.6 is 11.3 Å². The molecule has 0 atom stereocenters. The molecule has 152 valence electrons. The van der Waals surface area contributed by atoms with E-state index in [0.29, 0.717) is 46.8 Å². The van der Waals surface area contributed by atoms with Gasteiger partial charge in [0.1, 0.15) is 11.4 Å². The number of carbonyl (C=O) groups is 2. The summed E-state index contributed by atoms with van der Waals surface area (Å²) >= 11 is 1.26. The van der Waals surface area contributed by atoms with Crippen LogP contribution in [0.1, 0.15) is 29.1 Å². The number of aromatic nitrogens is 2. The van der Waals surface area contributed by atoms with Crippen molar-refractivity contribution in [2.75, 3.05) is 46.3 Å². The van der Waals surface area contributed by atoms with Gasteiger partial charge in [0.05, 0.1) is 16.6 Å². The van der Waals surface area contributed by atoms with Gasteiger partial charge in [-0.1, -0.05) is 0 Å². The van der Waals surface area contributed by atoms with Crippen LogP contribution in [0.2, 0.25) is 0 Å². The lowest BCUT2D eigenvalue weighted by atomic mass is 10.2. The number of thiophene rings is 1. The molecular weight excluding hydrogens is 378 g/mol. The summed E-state index contributed by atoms with van der Waals surface area (Å²) in [6.07, 6.45) is 1.41. The fourth-order valence-corrected chi connectivity index (χ4v) is 4.56. The fourth-order valence-electron chi connectivity index (χ4n) is 3.45. The number of hydrogen-bond donors (Lipinski definition) is 0. The highest BCUT2D eigenvalue weighted by Crippen LogP contribution is 2.28. The van der Waals surface area contributed by atoms with Crippen LogP contribution in [-0.2, 0) is 11.3 Å². The van der Waals surface area contributed by atoms with Crippen molar-refractivity contribution in [2.24, 2.45) is 0 Å². The van der Waals surface area contributed by atoms with E-state index in [1.807, 2.05) is 25.8 Å². The van der Waals surface area contributed by atoms with Crippen LogP contribution < -0.4 is 5.56 Å². The Morgan fingerprint density at radius 2 is 1.82 bits per heavy atom. The number of likely N-dealkylation sites (N-methyl/N-ethyl adjacent to an activating group) is 2. The highest BCUT2D eigenvalue weighted by atomic mass is 32.1. The van der Waals surface area contributed by atoms with Crippen LogP contribution in [-0.4, -0.2) is 82.4 Å². The first-order valence-electron chi connectivity index (χ1n) is 9.61.